The number of carboxylic acid groups (broad SMARTS) is 1. The van der Waals surface area contributed by atoms with Gasteiger partial charge in [0.05, 0.1) is 12.1 Å². The molecular weight excluding hydrogens is 336 g/mol. The number of carbonyl (C=O) groups is 3. The largest absolute Gasteiger partial charge is 0.478 e. The fraction of sp³-hybridized carbons (Fsp3) is 0.211. The summed E-state index contributed by atoms with van der Waals surface area (Å²) in [6.45, 7) is 0.528. The van der Waals surface area contributed by atoms with Crippen LogP contribution in [-0.4, -0.2) is 40.6 Å². The number of cyclic esters (lactones) is 1. The van der Waals surface area contributed by atoms with E-state index in [1.807, 2.05) is 30.3 Å². The molecule has 26 heavy (non-hydrogen) atoms. The van der Waals surface area contributed by atoms with E-state index in [0.29, 0.717) is 6.54 Å². The van der Waals surface area contributed by atoms with Gasteiger partial charge in [0.15, 0.2) is 0 Å². The first-order valence-corrected chi connectivity index (χ1v) is 8.12. The summed E-state index contributed by atoms with van der Waals surface area (Å²) in [5, 5.41) is 11.7. The lowest BCUT2D eigenvalue weighted by Gasteiger charge is -2.21. The molecule has 1 heterocycles. The molecule has 0 unspecified atom stereocenters. The average molecular weight is 354 g/mol. The van der Waals surface area contributed by atoms with Gasteiger partial charge in [-0.05, 0) is 23.3 Å². The quantitative estimate of drug-likeness (QED) is 0.827. The molecule has 0 radical (unpaired) electrons. The van der Waals surface area contributed by atoms with E-state index in [0.717, 1.165) is 11.1 Å². The fourth-order valence-electron chi connectivity index (χ4n) is 2.69. The third-order valence-corrected chi connectivity index (χ3v) is 4.14. The maximum absolute atomic E-state index is 12.4. The van der Waals surface area contributed by atoms with E-state index < -0.39 is 18.1 Å². The highest BCUT2D eigenvalue weighted by atomic mass is 16.6. The Balaban J connectivity index is 1.64. The summed E-state index contributed by atoms with van der Waals surface area (Å²) in [7, 11) is 0. The van der Waals surface area contributed by atoms with E-state index >= 15 is 0 Å². The predicted octanol–water partition coefficient (Wildman–Crippen LogP) is 2.02. The first-order valence-electron chi connectivity index (χ1n) is 8.12. The van der Waals surface area contributed by atoms with E-state index in [-0.39, 0.29) is 24.6 Å². The van der Waals surface area contributed by atoms with Crippen LogP contribution in [0.5, 0.6) is 0 Å². The summed E-state index contributed by atoms with van der Waals surface area (Å²) in [5.41, 5.74) is 1.84. The van der Waals surface area contributed by atoms with Crippen LogP contribution < -0.4 is 5.32 Å². The minimum absolute atomic E-state index is 0.00728. The van der Waals surface area contributed by atoms with Gasteiger partial charge in [-0.3, -0.25) is 9.69 Å². The number of nitrogens with zero attached hydrogens (tertiary/aromatic N) is 1. The van der Waals surface area contributed by atoms with Gasteiger partial charge < -0.3 is 15.2 Å². The highest BCUT2D eigenvalue weighted by Gasteiger charge is 2.37. The molecule has 2 aromatic rings. The number of hydrogen-bond acceptors (Lipinski definition) is 4. The van der Waals surface area contributed by atoms with E-state index in [1.165, 1.54) is 17.0 Å². The van der Waals surface area contributed by atoms with Gasteiger partial charge >= 0.3 is 12.1 Å². The number of aromatic carboxylic acids is 1. The Morgan fingerprint density at radius 1 is 1.08 bits per heavy atom. The zero-order chi connectivity index (χ0) is 18.5. The van der Waals surface area contributed by atoms with Crippen LogP contribution in [0.3, 0.4) is 0 Å². The molecule has 1 aliphatic rings. The average Bonchev–Trinajstić information content (AvgIpc) is 3.01. The van der Waals surface area contributed by atoms with Crippen molar-refractivity contribution in [3.63, 3.8) is 0 Å². The SMILES string of the molecule is O=C(O)c1ccc(CN2C(=O)OC[C@H]2C(=O)NCc2ccccc2)cc1. The number of amides is 2. The molecule has 3 rings (SSSR count). The van der Waals surface area contributed by atoms with Crippen molar-refractivity contribution >= 4 is 18.0 Å². The lowest BCUT2D eigenvalue weighted by Crippen LogP contribution is -2.45. The van der Waals surface area contributed by atoms with Crippen molar-refractivity contribution in [3.8, 4) is 0 Å². The normalized spacial score (nSPS) is 16.2. The summed E-state index contributed by atoms with van der Waals surface area (Å²) in [6, 6.07) is 14.9. The summed E-state index contributed by atoms with van der Waals surface area (Å²) < 4.78 is 5.02. The maximum Gasteiger partial charge on any atom is 0.410 e. The molecule has 0 bridgehead atoms. The van der Waals surface area contributed by atoms with Crippen molar-refractivity contribution in [2.75, 3.05) is 6.61 Å². The Morgan fingerprint density at radius 3 is 2.42 bits per heavy atom. The van der Waals surface area contributed by atoms with Crippen molar-refractivity contribution in [3.05, 3.63) is 71.3 Å². The molecule has 1 fully saturated rings. The van der Waals surface area contributed by atoms with Gasteiger partial charge in [-0.15, -0.1) is 0 Å². The van der Waals surface area contributed by atoms with Gasteiger partial charge in [0, 0.05) is 6.54 Å². The summed E-state index contributed by atoms with van der Waals surface area (Å²) in [5.74, 6) is -1.31. The third-order valence-electron chi connectivity index (χ3n) is 4.14. The Labute approximate surface area is 150 Å². The van der Waals surface area contributed by atoms with E-state index in [9.17, 15) is 14.4 Å². The maximum atomic E-state index is 12.4. The molecule has 0 saturated carbocycles. The standard InChI is InChI=1S/C19H18N2O5/c22-17(20-10-13-4-2-1-3-5-13)16-12-26-19(25)21(16)11-14-6-8-15(9-7-14)18(23)24/h1-9,16H,10-12H2,(H,20,22)(H,23,24)/t16-/m0/s1. The van der Waals surface area contributed by atoms with Crippen LogP contribution in [0.1, 0.15) is 21.5 Å². The van der Waals surface area contributed by atoms with E-state index in [1.54, 1.807) is 12.1 Å². The minimum atomic E-state index is -1.02. The number of carboxylic acids is 1. The zero-order valence-corrected chi connectivity index (χ0v) is 13.9. The van der Waals surface area contributed by atoms with Crippen molar-refractivity contribution in [1.29, 1.82) is 0 Å². The fourth-order valence-corrected chi connectivity index (χ4v) is 2.69. The topological polar surface area (TPSA) is 95.9 Å². The van der Waals surface area contributed by atoms with Gasteiger partial charge in [-0.2, -0.15) is 0 Å². The van der Waals surface area contributed by atoms with Crippen LogP contribution in [0, 0.1) is 0 Å². The second kappa shape index (κ2) is 7.69. The van der Waals surface area contributed by atoms with Crippen LogP contribution in [0.4, 0.5) is 4.79 Å². The molecule has 2 amide bonds. The molecule has 0 aromatic heterocycles. The van der Waals surface area contributed by atoms with Crippen molar-refractivity contribution in [2.24, 2.45) is 0 Å². The van der Waals surface area contributed by atoms with Crippen molar-refractivity contribution in [1.82, 2.24) is 10.2 Å². The molecule has 7 heteroatoms. The number of carbonyl (C=O) groups excluding carboxylic acids is 2. The van der Waals surface area contributed by atoms with Gasteiger partial charge in [0.1, 0.15) is 12.6 Å². The van der Waals surface area contributed by atoms with Gasteiger partial charge in [0.25, 0.3) is 0 Å². The molecule has 1 saturated heterocycles. The zero-order valence-electron chi connectivity index (χ0n) is 13.9. The number of hydrogen-bond donors (Lipinski definition) is 2. The second-order valence-corrected chi connectivity index (χ2v) is 5.93. The molecule has 2 N–H and O–H groups in total. The van der Waals surface area contributed by atoms with Crippen molar-refractivity contribution < 1.29 is 24.2 Å². The predicted molar refractivity (Wildman–Crippen MR) is 92.4 cm³/mol. The molecule has 1 aliphatic heterocycles. The van der Waals surface area contributed by atoms with Crippen molar-refractivity contribution in [2.45, 2.75) is 19.1 Å². The Kier molecular flexibility index (Phi) is 5.17. The molecule has 7 nitrogen and oxygen atoms in total. The lowest BCUT2D eigenvalue weighted by atomic mass is 10.1. The summed E-state index contributed by atoms with van der Waals surface area (Å²) in [4.78, 5) is 36.7. The number of rotatable bonds is 6. The van der Waals surface area contributed by atoms with Crippen LogP contribution in [0.25, 0.3) is 0 Å². The first kappa shape index (κ1) is 17.5. The molecule has 0 aliphatic carbocycles. The molecule has 2 aromatic carbocycles. The molecular formula is C19H18N2O5. The Bertz CT molecular complexity index is 804. The van der Waals surface area contributed by atoms with Gasteiger partial charge in [-0.1, -0.05) is 42.5 Å². The van der Waals surface area contributed by atoms with Crippen LogP contribution in [0.15, 0.2) is 54.6 Å². The van der Waals surface area contributed by atoms with E-state index in [4.69, 9.17) is 9.84 Å². The molecule has 134 valence electrons. The summed E-state index contributed by atoms with van der Waals surface area (Å²) in [6.07, 6.45) is -0.563. The van der Waals surface area contributed by atoms with Crippen LogP contribution in [-0.2, 0) is 22.6 Å². The Morgan fingerprint density at radius 2 is 1.77 bits per heavy atom. The first-order chi connectivity index (χ1) is 12.5. The minimum Gasteiger partial charge on any atom is -0.478 e. The lowest BCUT2D eigenvalue weighted by molar-refractivity contribution is -0.125. The highest BCUT2D eigenvalue weighted by molar-refractivity contribution is 5.88. The highest BCUT2D eigenvalue weighted by Crippen LogP contribution is 2.17. The van der Waals surface area contributed by atoms with Gasteiger partial charge in [-0.25, -0.2) is 9.59 Å². The number of nitrogens with one attached hydrogen (secondary N) is 1. The number of ether oxygens (including phenoxy) is 1. The van der Waals surface area contributed by atoms with Crippen LogP contribution in [0.2, 0.25) is 0 Å². The molecule has 1 atom stereocenters. The van der Waals surface area contributed by atoms with Crippen LogP contribution >= 0.6 is 0 Å². The van der Waals surface area contributed by atoms with Gasteiger partial charge in [0.2, 0.25) is 5.91 Å². The van der Waals surface area contributed by atoms with E-state index in [2.05, 4.69) is 5.32 Å². The number of benzene rings is 2. The summed E-state index contributed by atoms with van der Waals surface area (Å²) >= 11 is 0. The molecule has 0 spiro atoms. The Hall–Kier alpha value is -3.35. The monoisotopic (exact) mass is 354 g/mol. The third kappa shape index (κ3) is 4.00. The second-order valence-electron chi connectivity index (χ2n) is 5.93. The smallest absolute Gasteiger partial charge is 0.410 e.